The van der Waals surface area contributed by atoms with Crippen molar-refractivity contribution in [3.8, 4) is 0 Å². The maximum atomic E-state index is 12.7. The first-order chi connectivity index (χ1) is 10.9. The van der Waals surface area contributed by atoms with Gasteiger partial charge in [-0.3, -0.25) is 4.79 Å². The van der Waals surface area contributed by atoms with Crippen molar-refractivity contribution in [2.45, 2.75) is 13.3 Å². The number of hydrogen-bond donors (Lipinski definition) is 2. The van der Waals surface area contributed by atoms with Crippen molar-refractivity contribution in [1.82, 2.24) is 9.97 Å². The number of hydrogen-bond acceptors (Lipinski definition) is 2. The summed E-state index contributed by atoms with van der Waals surface area (Å²) in [5.74, 6) is -0.699. The molecule has 4 nitrogen and oxygen atoms in total. The van der Waals surface area contributed by atoms with E-state index in [-0.39, 0.29) is 5.91 Å². The van der Waals surface area contributed by atoms with Crippen LogP contribution in [0.3, 0.4) is 0 Å². The van der Waals surface area contributed by atoms with Gasteiger partial charge in [-0.25, -0.2) is 13.8 Å². The molecule has 0 radical (unpaired) electrons. The standard InChI is InChI=1S/C16H12F2IN3O/c1-8-6-10(19)3-5-11(8)22-16(23)9-2-4-12-13(7-9)21-15(20-12)14(17)18/h2-7,14H,1H3,(H,20,21)(H,22,23). The van der Waals surface area contributed by atoms with E-state index >= 15 is 0 Å². The third-order valence-corrected chi connectivity index (χ3v) is 4.08. The molecule has 2 aromatic carbocycles. The number of nitrogens with zero attached hydrogens (tertiary/aromatic N) is 1. The van der Waals surface area contributed by atoms with Gasteiger partial charge in [-0.1, -0.05) is 0 Å². The number of fused-ring (bicyclic) bond motifs is 1. The molecule has 2 N–H and O–H groups in total. The third kappa shape index (κ3) is 3.34. The van der Waals surface area contributed by atoms with Gasteiger partial charge in [-0.15, -0.1) is 0 Å². The molecule has 0 saturated heterocycles. The summed E-state index contributed by atoms with van der Waals surface area (Å²) < 4.78 is 26.4. The Morgan fingerprint density at radius 1 is 1.26 bits per heavy atom. The van der Waals surface area contributed by atoms with Crippen molar-refractivity contribution in [3.63, 3.8) is 0 Å². The molecule has 1 amide bonds. The monoisotopic (exact) mass is 427 g/mol. The second kappa shape index (κ2) is 6.23. The van der Waals surface area contributed by atoms with Crippen LogP contribution in [0.2, 0.25) is 0 Å². The molecule has 0 aliphatic heterocycles. The quantitative estimate of drug-likeness (QED) is 0.598. The van der Waals surface area contributed by atoms with Gasteiger partial charge < -0.3 is 10.3 Å². The van der Waals surface area contributed by atoms with E-state index in [2.05, 4.69) is 37.9 Å². The molecule has 118 valence electrons. The molecule has 0 fully saturated rings. The fourth-order valence-electron chi connectivity index (χ4n) is 2.24. The van der Waals surface area contributed by atoms with Crippen LogP contribution < -0.4 is 5.32 Å². The molecule has 7 heteroatoms. The molecule has 0 aliphatic rings. The number of rotatable bonds is 3. The molecule has 0 bridgehead atoms. The maximum Gasteiger partial charge on any atom is 0.295 e. The Kier molecular flexibility index (Phi) is 4.29. The number of alkyl halides is 2. The number of amides is 1. The lowest BCUT2D eigenvalue weighted by molar-refractivity contribution is 0.102. The number of halogens is 3. The van der Waals surface area contributed by atoms with E-state index in [1.807, 2.05) is 25.1 Å². The van der Waals surface area contributed by atoms with Crippen LogP contribution in [-0.4, -0.2) is 15.9 Å². The summed E-state index contributed by atoms with van der Waals surface area (Å²) in [4.78, 5) is 18.7. The minimum Gasteiger partial charge on any atom is -0.337 e. The second-order valence-corrected chi connectivity index (χ2v) is 6.31. The third-order valence-electron chi connectivity index (χ3n) is 3.41. The van der Waals surface area contributed by atoms with E-state index in [1.54, 1.807) is 12.1 Å². The van der Waals surface area contributed by atoms with Crippen LogP contribution in [0, 0.1) is 10.5 Å². The Labute approximate surface area is 144 Å². The predicted octanol–water partition coefficient (Wildman–Crippen LogP) is 4.67. The number of carbonyl (C=O) groups excluding carboxylic acids is 1. The zero-order valence-corrected chi connectivity index (χ0v) is 14.2. The highest BCUT2D eigenvalue weighted by molar-refractivity contribution is 14.1. The Morgan fingerprint density at radius 3 is 2.74 bits per heavy atom. The summed E-state index contributed by atoms with van der Waals surface area (Å²) in [6.07, 6.45) is -2.67. The van der Waals surface area contributed by atoms with Crippen molar-refractivity contribution in [2.24, 2.45) is 0 Å². The Bertz CT molecular complexity index is 892. The lowest BCUT2D eigenvalue weighted by Crippen LogP contribution is -2.12. The number of aromatic amines is 1. The van der Waals surface area contributed by atoms with Gasteiger partial charge in [0.15, 0.2) is 5.82 Å². The first-order valence-electron chi connectivity index (χ1n) is 6.79. The van der Waals surface area contributed by atoms with Crippen LogP contribution in [0.25, 0.3) is 11.0 Å². The zero-order chi connectivity index (χ0) is 16.6. The van der Waals surface area contributed by atoms with Crippen molar-refractivity contribution in [1.29, 1.82) is 0 Å². The average molecular weight is 427 g/mol. The number of benzene rings is 2. The van der Waals surface area contributed by atoms with Gasteiger partial charge in [0.2, 0.25) is 0 Å². The molecule has 3 rings (SSSR count). The first kappa shape index (κ1) is 15.9. The van der Waals surface area contributed by atoms with Crippen LogP contribution in [0.1, 0.15) is 28.2 Å². The summed E-state index contributed by atoms with van der Waals surface area (Å²) in [7, 11) is 0. The molecule has 23 heavy (non-hydrogen) atoms. The molecule has 3 aromatic rings. The molecule has 0 atom stereocenters. The molecule has 0 spiro atoms. The van der Waals surface area contributed by atoms with Crippen LogP contribution in [0.4, 0.5) is 14.5 Å². The van der Waals surface area contributed by atoms with Gasteiger partial charge in [0.05, 0.1) is 11.0 Å². The van der Waals surface area contributed by atoms with E-state index in [0.717, 1.165) is 9.13 Å². The minimum atomic E-state index is -2.67. The largest absolute Gasteiger partial charge is 0.337 e. The summed E-state index contributed by atoms with van der Waals surface area (Å²) in [6.45, 7) is 1.91. The Balaban J connectivity index is 1.88. The van der Waals surface area contributed by atoms with Gasteiger partial charge in [0.1, 0.15) is 0 Å². The molecule has 1 aromatic heterocycles. The number of aryl methyl sites for hydroxylation is 1. The topological polar surface area (TPSA) is 57.8 Å². The van der Waals surface area contributed by atoms with Crippen molar-refractivity contribution >= 4 is 45.2 Å². The first-order valence-corrected chi connectivity index (χ1v) is 7.87. The van der Waals surface area contributed by atoms with Crippen molar-refractivity contribution in [2.75, 3.05) is 5.32 Å². The van der Waals surface area contributed by atoms with Crippen molar-refractivity contribution in [3.05, 3.63) is 56.9 Å². The van der Waals surface area contributed by atoms with Gasteiger partial charge in [0.25, 0.3) is 12.3 Å². The van der Waals surface area contributed by atoms with Crippen LogP contribution >= 0.6 is 22.6 Å². The molecular formula is C16H12F2IN3O. The number of H-pyrrole nitrogens is 1. The van der Waals surface area contributed by atoms with E-state index in [1.165, 1.54) is 6.07 Å². The fourth-order valence-corrected chi connectivity index (χ4v) is 2.88. The number of carbonyl (C=O) groups is 1. The van der Waals surface area contributed by atoms with Gasteiger partial charge >= 0.3 is 0 Å². The Hall–Kier alpha value is -2.03. The molecular weight excluding hydrogens is 415 g/mol. The highest BCUT2D eigenvalue weighted by Crippen LogP contribution is 2.22. The zero-order valence-electron chi connectivity index (χ0n) is 12.0. The van der Waals surface area contributed by atoms with Gasteiger partial charge in [-0.2, -0.15) is 0 Å². The lowest BCUT2D eigenvalue weighted by atomic mass is 10.1. The van der Waals surface area contributed by atoms with Crippen LogP contribution in [0.15, 0.2) is 36.4 Å². The van der Waals surface area contributed by atoms with E-state index in [0.29, 0.717) is 22.3 Å². The maximum absolute atomic E-state index is 12.7. The molecule has 0 unspecified atom stereocenters. The van der Waals surface area contributed by atoms with Crippen LogP contribution in [-0.2, 0) is 0 Å². The number of imidazole rings is 1. The highest BCUT2D eigenvalue weighted by atomic mass is 127. The van der Waals surface area contributed by atoms with E-state index < -0.39 is 12.2 Å². The summed E-state index contributed by atoms with van der Waals surface area (Å²) in [5, 5.41) is 2.82. The van der Waals surface area contributed by atoms with Gasteiger partial charge in [0, 0.05) is 14.8 Å². The number of anilines is 1. The van der Waals surface area contributed by atoms with E-state index in [9.17, 15) is 13.6 Å². The summed E-state index contributed by atoms with van der Waals surface area (Å²) in [6, 6.07) is 10.3. The summed E-state index contributed by atoms with van der Waals surface area (Å²) in [5.41, 5.74) is 2.86. The lowest BCUT2D eigenvalue weighted by Gasteiger charge is -2.08. The second-order valence-electron chi connectivity index (χ2n) is 5.07. The normalized spacial score (nSPS) is 11.2. The molecule has 0 aliphatic carbocycles. The smallest absolute Gasteiger partial charge is 0.295 e. The summed E-state index contributed by atoms with van der Waals surface area (Å²) >= 11 is 2.20. The van der Waals surface area contributed by atoms with E-state index in [4.69, 9.17) is 0 Å². The SMILES string of the molecule is Cc1cc(I)ccc1NC(=O)c1ccc2nc(C(F)F)[nH]c2c1. The van der Waals surface area contributed by atoms with Crippen molar-refractivity contribution < 1.29 is 13.6 Å². The minimum absolute atomic E-state index is 0.301. The number of aromatic nitrogens is 2. The van der Waals surface area contributed by atoms with Gasteiger partial charge in [-0.05, 0) is 71.5 Å². The molecule has 1 heterocycles. The highest BCUT2D eigenvalue weighted by Gasteiger charge is 2.14. The fraction of sp³-hybridized carbons (Fsp3) is 0.125. The average Bonchev–Trinajstić information content (AvgIpc) is 2.93. The Morgan fingerprint density at radius 2 is 2.04 bits per heavy atom. The predicted molar refractivity (Wildman–Crippen MR) is 92.9 cm³/mol. The van der Waals surface area contributed by atoms with Crippen LogP contribution in [0.5, 0.6) is 0 Å². The number of nitrogens with one attached hydrogen (secondary N) is 2. The molecule has 0 saturated carbocycles.